The number of aromatic amines is 1. The van der Waals surface area contributed by atoms with Crippen molar-refractivity contribution < 1.29 is 0 Å². The average molecular weight is 337 g/mol. The quantitative estimate of drug-likeness (QED) is 0.890. The van der Waals surface area contributed by atoms with Gasteiger partial charge in [0.2, 0.25) is 0 Å². The van der Waals surface area contributed by atoms with Crippen LogP contribution in [0.25, 0.3) is 17.6 Å². The largest absolute Gasteiger partial charge is 0.404 e. The Balaban J connectivity index is 2.00. The van der Waals surface area contributed by atoms with E-state index in [1.807, 2.05) is 18.7 Å². The van der Waals surface area contributed by atoms with Gasteiger partial charge in [-0.05, 0) is 36.8 Å². The van der Waals surface area contributed by atoms with Gasteiger partial charge in [-0.25, -0.2) is 0 Å². The summed E-state index contributed by atoms with van der Waals surface area (Å²) >= 11 is 1.90. The first kappa shape index (κ1) is 16.7. The van der Waals surface area contributed by atoms with Crippen LogP contribution in [0.4, 0.5) is 0 Å². The molecule has 2 aromatic rings. The van der Waals surface area contributed by atoms with E-state index in [1.54, 1.807) is 6.20 Å². The maximum absolute atomic E-state index is 5.67. The maximum atomic E-state index is 5.67. The fraction of sp³-hybridized carbons (Fsp3) is 0.238. The second kappa shape index (κ2) is 7.18. The normalized spacial score (nSPS) is 18.4. The number of thioether (sulfide) groups is 1. The summed E-state index contributed by atoms with van der Waals surface area (Å²) in [4.78, 5) is 4.85. The molecule has 3 N–H and O–H groups in total. The van der Waals surface area contributed by atoms with Crippen LogP contribution in [-0.4, -0.2) is 4.98 Å². The highest BCUT2D eigenvalue weighted by molar-refractivity contribution is 8.07. The molecule has 3 rings (SSSR count). The lowest BCUT2D eigenvalue weighted by Crippen LogP contribution is -2.23. The first-order valence-corrected chi connectivity index (χ1v) is 9.27. The Labute approximate surface area is 147 Å². The number of nitrogens with two attached hydrogens (primary N) is 1. The van der Waals surface area contributed by atoms with Crippen LogP contribution in [-0.2, 0) is 5.75 Å². The Hall–Kier alpha value is -2.13. The minimum absolute atomic E-state index is 0.492. The SMILES string of the molecule is C=c1[nH]c2c(/c1=C/C(C)=C\N)C(SCc1ccccc1)=CCC2C. The highest BCUT2D eigenvalue weighted by Gasteiger charge is 2.22. The molecule has 1 unspecified atom stereocenters. The molecule has 0 spiro atoms. The Bertz CT molecular complexity index is 888. The summed E-state index contributed by atoms with van der Waals surface area (Å²) in [6, 6.07) is 10.6. The van der Waals surface area contributed by atoms with Crippen molar-refractivity contribution in [3.8, 4) is 0 Å². The van der Waals surface area contributed by atoms with Gasteiger partial charge in [0.15, 0.2) is 0 Å². The molecule has 1 atom stereocenters. The van der Waals surface area contributed by atoms with Crippen molar-refractivity contribution in [3.63, 3.8) is 0 Å². The van der Waals surface area contributed by atoms with Crippen LogP contribution in [0.5, 0.6) is 0 Å². The van der Waals surface area contributed by atoms with Gasteiger partial charge in [-0.2, -0.15) is 0 Å². The topological polar surface area (TPSA) is 41.8 Å². The minimum atomic E-state index is 0.492. The van der Waals surface area contributed by atoms with E-state index in [1.165, 1.54) is 26.9 Å². The molecule has 3 heteroatoms. The van der Waals surface area contributed by atoms with Gasteiger partial charge >= 0.3 is 0 Å². The first-order chi connectivity index (χ1) is 11.6. The van der Waals surface area contributed by atoms with E-state index in [-0.39, 0.29) is 0 Å². The summed E-state index contributed by atoms with van der Waals surface area (Å²) in [5.74, 6) is 1.47. The van der Waals surface area contributed by atoms with Crippen molar-refractivity contribution in [1.29, 1.82) is 0 Å². The third-order valence-electron chi connectivity index (χ3n) is 4.42. The molecule has 1 aliphatic carbocycles. The fourth-order valence-corrected chi connectivity index (χ4v) is 4.12. The van der Waals surface area contributed by atoms with E-state index in [2.05, 4.69) is 61.0 Å². The van der Waals surface area contributed by atoms with Crippen molar-refractivity contribution >= 4 is 29.3 Å². The molecule has 0 amide bonds. The second-order valence-corrected chi connectivity index (χ2v) is 7.36. The number of H-pyrrole nitrogens is 1. The monoisotopic (exact) mass is 336 g/mol. The molecule has 0 fully saturated rings. The van der Waals surface area contributed by atoms with Crippen molar-refractivity contribution in [2.75, 3.05) is 0 Å². The molecule has 0 bridgehead atoms. The molecule has 1 aromatic heterocycles. The van der Waals surface area contributed by atoms with Crippen LogP contribution in [0.2, 0.25) is 0 Å². The van der Waals surface area contributed by atoms with Gasteiger partial charge in [-0.3, -0.25) is 0 Å². The number of rotatable bonds is 4. The zero-order chi connectivity index (χ0) is 17.1. The predicted octanol–water partition coefficient (Wildman–Crippen LogP) is 3.85. The smallest absolute Gasteiger partial charge is 0.0389 e. The van der Waals surface area contributed by atoms with Crippen LogP contribution in [0, 0.1) is 0 Å². The van der Waals surface area contributed by atoms with Crippen LogP contribution in [0.3, 0.4) is 0 Å². The van der Waals surface area contributed by atoms with Crippen LogP contribution in [0.15, 0.2) is 48.2 Å². The van der Waals surface area contributed by atoms with Crippen molar-refractivity contribution in [2.24, 2.45) is 5.73 Å². The van der Waals surface area contributed by atoms with E-state index in [9.17, 15) is 0 Å². The zero-order valence-electron chi connectivity index (χ0n) is 14.3. The summed E-state index contributed by atoms with van der Waals surface area (Å²) in [6.07, 6.45) is 7.21. The van der Waals surface area contributed by atoms with E-state index in [0.717, 1.165) is 23.1 Å². The Kier molecular flexibility index (Phi) is 5.00. The molecule has 1 aromatic carbocycles. The lowest BCUT2D eigenvalue weighted by molar-refractivity contribution is 0.745. The van der Waals surface area contributed by atoms with Crippen molar-refractivity contribution in [2.45, 2.75) is 31.9 Å². The summed E-state index contributed by atoms with van der Waals surface area (Å²) in [6.45, 7) is 8.49. The number of hydrogen-bond acceptors (Lipinski definition) is 2. The Morgan fingerprint density at radius 3 is 2.83 bits per heavy atom. The number of nitrogens with one attached hydrogen (secondary N) is 1. The number of fused-ring (bicyclic) bond motifs is 1. The van der Waals surface area contributed by atoms with E-state index >= 15 is 0 Å². The van der Waals surface area contributed by atoms with Crippen LogP contribution in [0.1, 0.15) is 43.0 Å². The van der Waals surface area contributed by atoms with Crippen molar-refractivity contribution in [1.82, 2.24) is 4.98 Å². The zero-order valence-corrected chi connectivity index (χ0v) is 15.1. The third kappa shape index (κ3) is 3.36. The lowest BCUT2D eigenvalue weighted by Gasteiger charge is -2.19. The number of benzene rings is 1. The van der Waals surface area contributed by atoms with E-state index in [0.29, 0.717) is 5.92 Å². The molecule has 0 saturated carbocycles. The molecule has 1 aliphatic rings. The van der Waals surface area contributed by atoms with Gasteiger partial charge in [-0.1, -0.05) is 49.9 Å². The molecular weight excluding hydrogens is 312 g/mol. The molecule has 1 heterocycles. The number of allylic oxidation sites excluding steroid dienone is 2. The highest BCUT2D eigenvalue weighted by Crippen LogP contribution is 2.38. The third-order valence-corrected chi connectivity index (χ3v) is 5.58. The van der Waals surface area contributed by atoms with Gasteiger partial charge < -0.3 is 10.7 Å². The summed E-state index contributed by atoms with van der Waals surface area (Å²) in [7, 11) is 0. The molecular formula is C21H24N2S. The maximum Gasteiger partial charge on any atom is 0.0389 e. The summed E-state index contributed by atoms with van der Waals surface area (Å²) < 4.78 is 0. The Morgan fingerprint density at radius 1 is 1.38 bits per heavy atom. The molecule has 2 nitrogen and oxygen atoms in total. The van der Waals surface area contributed by atoms with Gasteiger partial charge in [0, 0.05) is 38.4 Å². The fourth-order valence-electron chi connectivity index (χ4n) is 3.03. The van der Waals surface area contributed by atoms with Crippen molar-refractivity contribution in [3.05, 3.63) is 75.6 Å². The lowest BCUT2D eigenvalue weighted by atomic mass is 9.93. The molecule has 0 aliphatic heterocycles. The first-order valence-electron chi connectivity index (χ1n) is 8.28. The highest BCUT2D eigenvalue weighted by atomic mass is 32.2. The standard InChI is InChI=1S/C21H24N2S/c1-14(12-22)11-18-16(3)23-21-15(2)9-10-19(20(18)21)24-13-17-7-5-4-6-8-17/h4-8,10-12,15,23H,3,9,13,22H2,1-2H3/b14-12-,18-11+. The molecule has 124 valence electrons. The van der Waals surface area contributed by atoms with Gasteiger partial charge in [0.1, 0.15) is 0 Å². The minimum Gasteiger partial charge on any atom is -0.404 e. The van der Waals surface area contributed by atoms with Gasteiger partial charge in [-0.15, -0.1) is 11.8 Å². The number of hydrogen-bond donors (Lipinski definition) is 2. The summed E-state index contributed by atoms with van der Waals surface area (Å²) in [5, 5.41) is 2.14. The molecule has 0 saturated heterocycles. The molecule has 0 radical (unpaired) electrons. The second-order valence-electron chi connectivity index (χ2n) is 6.34. The Morgan fingerprint density at radius 2 is 2.12 bits per heavy atom. The van der Waals surface area contributed by atoms with E-state index < -0.39 is 0 Å². The number of aromatic nitrogens is 1. The van der Waals surface area contributed by atoms with E-state index in [4.69, 9.17) is 5.73 Å². The molecule has 24 heavy (non-hydrogen) atoms. The van der Waals surface area contributed by atoms with Crippen LogP contribution < -0.4 is 16.3 Å². The van der Waals surface area contributed by atoms with Crippen LogP contribution >= 0.6 is 11.8 Å². The predicted molar refractivity (Wildman–Crippen MR) is 107 cm³/mol. The van der Waals surface area contributed by atoms with Gasteiger partial charge in [0.25, 0.3) is 0 Å². The summed E-state index contributed by atoms with van der Waals surface area (Å²) in [5.41, 5.74) is 10.7. The van der Waals surface area contributed by atoms with Gasteiger partial charge in [0.05, 0.1) is 0 Å². The average Bonchev–Trinajstić information content (AvgIpc) is 2.93.